The Hall–Kier alpha value is -4.38. The molecule has 4 rings (SSSR count). The van der Waals surface area contributed by atoms with Gasteiger partial charge in [-0.3, -0.25) is 9.11 Å². The Bertz CT molecular complexity index is 1680. The van der Waals surface area contributed by atoms with Gasteiger partial charge in [0.1, 0.15) is 9.79 Å². The fourth-order valence-corrected chi connectivity index (χ4v) is 5.66. The summed E-state index contributed by atoms with van der Waals surface area (Å²) < 4.78 is 69.4. The van der Waals surface area contributed by atoms with Crippen LogP contribution in [0.15, 0.2) is 70.7 Å². The van der Waals surface area contributed by atoms with Crippen molar-refractivity contribution in [2.75, 3.05) is 11.5 Å². The van der Waals surface area contributed by atoms with Gasteiger partial charge in [0.2, 0.25) is 0 Å². The molecule has 14 nitrogen and oxygen atoms in total. The average molecular weight is 529 g/mol. The Morgan fingerprint density at radius 2 is 1.19 bits per heavy atom. The summed E-state index contributed by atoms with van der Waals surface area (Å²) in [5.41, 5.74) is 11.7. The smallest absolute Gasteiger partial charge is 0.298 e. The van der Waals surface area contributed by atoms with Crippen molar-refractivity contribution in [3.05, 3.63) is 83.4 Å². The summed E-state index contributed by atoms with van der Waals surface area (Å²) in [7, 11) is -10.5. The third kappa shape index (κ3) is 4.86. The maximum absolute atomic E-state index is 12.5. The van der Waals surface area contributed by atoms with E-state index in [0.717, 1.165) is 12.1 Å². The van der Waals surface area contributed by atoms with E-state index >= 15 is 0 Å². The third-order valence-electron chi connectivity index (χ3n) is 4.90. The normalized spacial score (nSPS) is 12.7. The molecule has 0 bridgehead atoms. The van der Waals surface area contributed by atoms with Crippen LogP contribution in [0.1, 0.15) is 22.5 Å². The maximum atomic E-state index is 12.5. The number of nitrogen functional groups attached to an aromatic ring is 2. The molecule has 6 N–H and O–H groups in total. The lowest BCUT2D eigenvalue weighted by Gasteiger charge is -2.19. The van der Waals surface area contributed by atoms with Gasteiger partial charge in [0.25, 0.3) is 20.2 Å². The van der Waals surface area contributed by atoms with E-state index in [2.05, 4.69) is 30.8 Å². The second-order valence-electron chi connectivity index (χ2n) is 7.19. The largest absolute Gasteiger partial charge is 0.399 e. The first-order chi connectivity index (χ1) is 17.0. The summed E-state index contributed by atoms with van der Waals surface area (Å²) in [5, 5.41) is 22.5. The fourth-order valence-electron chi connectivity index (χ4n) is 3.52. The van der Waals surface area contributed by atoms with Crippen LogP contribution in [0.4, 0.5) is 11.4 Å². The van der Waals surface area contributed by atoms with Crippen molar-refractivity contribution in [1.82, 2.24) is 30.8 Å². The van der Waals surface area contributed by atoms with Gasteiger partial charge < -0.3 is 11.5 Å². The minimum Gasteiger partial charge on any atom is -0.399 e. The van der Waals surface area contributed by atoms with Gasteiger partial charge in [0.05, 0.1) is 29.5 Å². The van der Waals surface area contributed by atoms with Crippen LogP contribution in [0.3, 0.4) is 0 Å². The van der Waals surface area contributed by atoms with Crippen LogP contribution in [0, 0.1) is 0 Å². The van der Waals surface area contributed by atoms with Crippen molar-refractivity contribution in [2.24, 2.45) is 0 Å². The number of rotatable bonds is 6. The molecule has 0 radical (unpaired) electrons. The van der Waals surface area contributed by atoms with E-state index in [9.17, 15) is 25.9 Å². The molecule has 36 heavy (non-hydrogen) atoms. The van der Waals surface area contributed by atoms with Crippen molar-refractivity contribution < 1.29 is 25.9 Å². The van der Waals surface area contributed by atoms with Crippen LogP contribution in [-0.4, -0.2) is 56.8 Å². The highest BCUT2D eigenvalue weighted by molar-refractivity contribution is 7.89. The molecular weight excluding hydrogens is 512 g/mol. The van der Waals surface area contributed by atoms with E-state index in [1.54, 1.807) is 24.3 Å². The fraction of sp³-hybridized carbons (Fsp3) is 0. The second-order valence-corrected chi connectivity index (χ2v) is 9.91. The summed E-state index contributed by atoms with van der Waals surface area (Å²) in [6, 6.07) is 11.3. The molecule has 2 heterocycles. The average Bonchev–Trinajstić information content (AvgIpc) is 2.83. The van der Waals surface area contributed by atoms with Gasteiger partial charge in [-0.05, 0) is 46.3 Å². The molecule has 0 fully saturated rings. The summed E-state index contributed by atoms with van der Waals surface area (Å²) in [4.78, 5) is -2.38. The summed E-state index contributed by atoms with van der Waals surface area (Å²) in [6.07, 6.45) is 2.58. The highest BCUT2D eigenvalue weighted by atomic mass is 32.2. The zero-order chi connectivity index (χ0) is 26.1. The molecule has 2 aromatic heterocycles. The first-order valence-corrected chi connectivity index (χ1v) is 12.6. The number of hydrogen-bond donors (Lipinski definition) is 4. The number of aromatic nitrogens is 6. The van der Waals surface area contributed by atoms with E-state index in [4.69, 9.17) is 11.5 Å². The summed E-state index contributed by atoms with van der Waals surface area (Å²) in [5.74, 6) is 0. The van der Waals surface area contributed by atoms with Crippen molar-refractivity contribution >= 4 is 42.8 Å². The number of nitrogens with two attached hydrogens (primary N) is 2. The lowest BCUT2D eigenvalue weighted by molar-refractivity contribution is 0.466. The highest BCUT2D eigenvalue weighted by Gasteiger charge is 2.33. The minimum atomic E-state index is -5.31. The van der Waals surface area contributed by atoms with Gasteiger partial charge in [-0.2, -0.15) is 16.8 Å². The molecule has 2 aromatic carbocycles. The summed E-state index contributed by atoms with van der Waals surface area (Å²) in [6.45, 7) is 0. The lowest BCUT2D eigenvalue weighted by atomic mass is 9.90. The van der Waals surface area contributed by atoms with E-state index < -0.39 is 35.7 Å². The second kappa shape index (κ2) is 9.34. The molecule has 0 unspecified atom stereocenters. The van der Waals surface area contributed by atoms with Crippen molar-refractivity contribution in [3.63, 3.8) is 0 Å². The van der Waals surface area contributed by atoms with E-state index in [1.807, 2.05) is 0 Å². The van der Waals surface area contributed by atoms with E-state index in [0.29, 0.717) is 11.3 Å². The molecule has 0 atom stereocenters. The molecule has 0 spiro atoms. The highest BCUT2D eigenvalue weighted by Crippen LogP contribution is 2.41. The van der Waals surface area contributed by atoms with E-state index in [-0.39, 0.29) is 28.1 Å². The van der Waals surface area contributed by atoms with Gasteiger partial charge in [-0.15, -0.1) is 20.4 Å². The molecule has 0 saturated carbocycles. The quantitative estimate of drug-likeness (QED) is 0.153. The van der Waals surface area contributed by atoms with Gasteiger partial charge in [-0.25, -0.2) is 0 Å². The number of nitrogens with zero attached hydrogens (tertiary/aromatic N) is 6. The van der Waals surface area contributed by atoms with Crippen LogP contribution < -0.4 is 11.5 Å². The standard InChI is InChI=1S/C20H16N8O6S2/c21-12-3-1-11(2-4-12)17(15-7-9-23-27-25-15)18(16-8-10-24-28-26-16)13-5-6-14(22)20(36(32,33)34)19(13)35(29,30)31/h1-10H,21-22H2,(H,29,30,31)(H,32,33,34). The first kappa shape index (κ1) is 24.7. The van der Waals surface area contributed by atoms with Crippen molar-refractivity contribution in [2.45, 2.75) is 9.79 Å². The third-order valence-corrected chi connectivity index (χ3v) is 6.92. The van der Waals surface area contributed by atoms with Gasteiger partial charge in [0.15, 0.2) is 0 Å². The molecule has 4 aromatic rings. The predicted molar refractivity (Wildman–Crippen MR) is 126 cm³/mol. The Labute approximate surface area is 204 Å². The van der Waals surface area contributed by atoms with Crippen LogP contribution in [0.5, 0.6) is 0 Å². The van der Waals surface area contributed by atoms with Crippen molar-refractivity contribution in [1.29, 1.82) is 0 Å². The molecule has 0 aliphatic carbocycles. The van der Waals surface area contributed by atoms with Gasteiger partial charge >= 0.3 is 0 Å². The number of anilines is 2. The van der Waals surface area contributed by atoms with Gasteiger partial charge in [-0.1, -0.05) is 18.2 Å². The minimum absolute atomic E-state index is 0.00592. The van der Waals surface area contributed by atoms with Gasteiger partial charge in [0, 0.05) is 22.4 Å². The number of benzene rings is 2. The van der Waals surface area contributed by atoms with Crippen LogP contribution in [0.2, 0.25) is 0 Å². The molecular formula is C20H16N8O6S2. The molecule has 16 heteroatoms. The van der Waals surface area contributed by atoms with E-state index in [1.165, 1.54) is 24.5 Å². The predicted octanol–water partition coefficient (Wildman–Crippen LogP) is 0.722. The maximum Gasteiger partial charge on any atom is 0.298 e. The van der Waals surface area contributed by atoms with Crippen LogP contribution >= 0.6 is 0 Å². The summed E-state index contributed by atoms with van der Waals surface area (Å²) >= 11 is 0. The van der Waals surface area contributed by atoms with Crippen molar-refractivity contribution in [3.8, 4) is 0 Å². The number of hydrogen-bond acceptors (Lipinski definition) is 12. The SMILES string of the molecule is Nc1ccc(C(=C(c2ccnnn2)c2ccc(N)c(S(=O)(=O)O)c2S(=O)(=O)O)c2ccnnn2)cc1. The Morgan fingerprint density at radius 3 is 1.67 bits per heavy atom. The molecule has 0 aliphatic heterocycles. The molecule has 0 amide bonds. The zero-order valence-corrected chi connectivity index (χ0v) is 19.6. The monoisotopic (exact) mass is 528 g/mol. The topological polar surface area (TPSA) is 238 Å². The Balaban J connectivity index is 2.30. The van der Waals surface area contributed by atoms with Crippen LogP contribution in [0.25, 0.3) is 11.1 Å². The zero-order valence-electron chi connectivity index (χ0n) is 18.0. The molecule has 0 saturated heterocycles. The van der Waals surface area contributed by atoms with Crippen LogP contribution in [-0.2, 0) is 20.2 Å². The lowest BCUT2D eigenvalue weighted by Crippen LogP contribution is -2.15. The molecule has 184 valence electrons. The first-order valence-electron chi connectivity index (χ1n) is 9.76. The molecule has 0 aliphatic rings. The Morgan fingerprint density at radius 1 is 0.667 bits per heavy atom. The Kier molecular flexibility index (Phi) is 6.42.